The Bertz CT molecular complexity index is 2830. The molecule has 0 saturated carbocycles. The molecule has 0 N–H and O–H groups in total. The minimum atomic E-state index is 1.18. The van der Waals surface area contributed by atoms with Crippen molar-refractivity contribution in [3.8, 4) is 33.6 Å². The molecule has 2 aromatic heterocycles. The third kappa shape index (κ3) is 4.06. The molecule has 8 aromatic carbocycles. The molecule has 0 bridgehead atoms. The summed E-state index contributed by atoms with van der Waals surface area (Å²) < 4.78 is 4.81. The van der Waals surface area contributed by atoms with Gasteiger partial charge in [0.2, 0.25) is 0 Å². The molecule has 0 aliphatic carbocycles. The van der Waals surface area contributed by atoms with Crippen LogP contribution in [0.25, 0.3) is 88.0 Å². The fourth-order valence-corrected chi connectivity index (χ4v) is 7.69. The number of para-hydroxylation sites is 4. The number of rotatable bonds is 4. The predicted octanol–water partition coefficient (Wildman–Crippen LogP) is 12.4. The Labute approximate surface area is 278 Å². The van der Waals surface area contributed by atoms with Crippen molar-refractivity contribution in [2.24, 2.45) is 0 Å². The number of benzene rings is 8. The van der Waals surface area contributed by atoms with Gasteiger partial charge < -0.3 is 9.13 Å². The number of hydrogen-bond acceptors (Lipinski definition) is 0. The lowest BCUT2D eigenvalue weighted by molar-refractivity contribution is 1.18. The average molecular weight is 611 g/mol. The smallest absolute Gasteiger partial charge is 0.0541 e. The molecule has 0 spiro atoms. The van der Waals surface area contributed by atoms with E-state index in [-0.39, 0.29) is 0 Å². The lowest BCUT2D eigenvalue weighted by atomic mass is 9.99. The minimum Gasteiger partial charge on any atom is -0.309 e. The van der Waals surface area contributed by atoms with Gasteiger partial charge in [0, 0.05) is 32.8 Å². The van der Waals surface area contributed by atoms with Gasteiger partial charge in [-0.2, -0.15) is 0 Å². The lowest BCUT2D eigenvalue weighted by Crippen LogP contribution is -1.97. The first kappa shape index (κ1) is 26.8. The highest BCUT2D eigenvalue weighted by Crippen LogP contribution is 2.40. The van der Waals surface area contributed by atoms with Crippen LogP contribution in [-0.2, 0) is 0 Å². The number of aromatic nitrogens is 2. The quantitative estimate of drug-likeness (QED) is 0.188. The monoisotopic (exact) mass is 610 g/mol. The van der Waals surface area contributed by atoms with Crippen molar-refractivity contribution in [2.45, 2.75) is 0 Å². The summed E-state index contributed by atoms with van der Waals surface area (Å²) in [4.78, 5) is 0. The highest BCUT2D eigenvalue weighted by molar-refractivity contribution is 6.13. The van der Waals surface area contributed by atoms with Gasteiger partial charge in [-0.1, -0.05) is 121 Å². The van der Waals surface area contributed by atoms with E-state index < -0.39 is 0 Å². The molecule has 10 rings (SSSR count). The van der Waals surface area contributed by atoms with E-state index in [1.807, 2.05) is 0 Å². The van der Waals surface area contributed by atoms with Crippen molar-refractivity contribution >= 4 is 54.4 Å². The molecule has 0 fully saturated rings. The largest absolute Gasteiger partial charge is 0.309 e. The maximum Gasteiger partial charge on any atom is 0.0541 e. The Balaban J connectivity index is 1.16. The van der Waals surface area contributed by atoms with Crippen LogP contribution in [0.4, 0.5) is 0 Å². The fourth-order valence-electron chi connectivity index (χ4n) is 7.69. The fraction of sp³-hybridized carbons (Fsp3) is 0. The van der Waals surface area contributed by atoms with Crippen LogP contribution in [0, 0.1) is 0 Å². The van der Waals surface area contributed by atoms with Gasteiger partial charge in [0.05, 0.1) is 27.8 Å². The Hall–Kier alpha value is -6.38. The third-order valence-electron chi connectivity index (χ3n) is 9.90. The zero-order valence-electron chi connectivity index (χ0n) is 26.2. The summed E-state index contributed by atoms with van der Waals surface area (Å²) in [6.07, 6.45) is 0. The van der Waals surface area contributed by atoms with Gasteiger partial charge >= 0.3 is 0 Å². The van der Waals surface area contributed by atoms with E-state index in [1.54, 1.807) is 0 Å². The van der Waals surface area contributed by atoms with Crippen LogP contribution in [0.15, 0.2) is 182 Å². The van der Waals surface area contributed by atoms with Crippen molar-refractivity contribution in [1.29, 1.82) is 0 Å². The average Bonchev–Trinajstić information content (AvgIpc) is 3.67. The van der Waals surface area contributed by atoms with Crippen LogP contribution in [-0.4, -0.2) is 9.13 Å². The van der Waals surface area contributed by atoms with E-state index in [0.29, 0.717) is 0 Å². The zero-order chi connectivity index (χ0) is 31.6. The van der Waals surface area contributed by atoms with E-state index in [0.717, 1.165) is 0 Å². The van der Waals surface area contributed by atoms with Gasteiger partial charge in [0.1, 0.15) is 0 Å². The molecule has 2 heteroatoms. The summed E-state index contributed by atoms with van der Waals surface area (Å²) in [6.45, 7) is 0. The summed E-state index contributed by atoms with van der Waals surface area (Å²) in [5.41, 5.74) is 12.1. The molecule has 0 radical (unpaired) electrons. The van der Waals surface area contributed by atoms with Crippen LogP contribution < -0.4 is 0 Å². The first-order valence-electron chi connectivity index (χ1n) is 16.5. The molecule has 10 aromatic rings. The SMILES string of the molecule is c1ccc(-n2c3ccccc3c3cc(-c4ccc5c(c4)c4ccccc4n5-c4ccccc4-c4ccc5ccccc5c4)ccc32)cc1. The second-order valence-electron chi connectivity index (χ2n) is 12.6. The van der Waals surface area contributed by atoms with Crippen LogP contribution in [0.1, 0.15) is 0 Å². The maximum absolute atomic E-state index is 2.44. The molecular weight excluding hydrogens is 581 g/mol. The van der Waals surface area contributed by atoms with Gasteiger partial charge in [-0.25, -0.2) is 0 Å². The first-order valence-corrected chi connectivity index (χ1v) is 16.5. The summed E-state index contributed by atoms with van der Waals surface area (Å²) in [5.74, 6) is 0. The van der Waals surface area contributed by atoms with E-state index in [9.17, 15) is 0 Å². The summed E-state index contributed by atoms with van der Waals surface area (Å²) in [6, 6.07) is 66.2. The zero-order valence-corrected chi connectivity index (χ0v) is 26.2. The second-order valence-corrected chi connectivity index (χ2v) is 12.6. The molecule has 0 aliphatic heterocycles. The van der Waals surface area contributed by atoms with Gasteiger partial charge in [0.15, 0.2) is 0 Å². The van der Waals surface area contributed by atoms with Gasteiger partial charge in [-0.3, -0.25) is 0 Å². The standard InChI is InChI=1S/C46H30N2/c1-2-14-36(15-3-1)47-43-20-10-7-17-38(43)40-29-33(24-26-45(40)47)34-25-27-46-41(30-34)39-18-8-11-21-44(39)48(46)42-19-9-6-16-37(42)35-23-22-31-12-4-5-13-32(31)28-35/h1-30H. The Morgan fingerprint density at radius 2 is 0.812 bits per heavy atom. The number of hydrogen-bond donors (Lipinski definition) is 0. The lowest BCUT2D eigenvalue weighted by Gasteiger charge is -2.15. The Kier molecular flexibility index (Phi) is 5.91. The van der Waals surface area contributed by atoms with Crippen molar-refractivity contribution in [3.05, 3.63) is 182 Å². The number of nitrogens with zero attached hydrogens (tertiary/aromatic N) is 2. The van der Waals surface area contributed by atoms with Gasteiger partial charge in [-0.15, -0.1) is 0 Å². The molecule has 0 saturated heterocycles. The summed E-state index contributed by atoms with van der Waals surface area (Å²) in [7, 11) is 0. The highest BCUT2D eigenvalue weighted by Gasteiger charge is 2.17. The van der Waals surface area contributed by atoms with Crippen molar-refractivity contribution in [1.82, 2.24) is 9.13 Å². The molecule has 48 heavy (non-hydrogen) atoms. The third-order valence-corrected chi connectivity index (χ3v) is 9.90. The Morgan fingerprint density at radius 3 is 1.54 bits per heavy atom. The molecule has 0 atom stereocenters. The molecule has 224 valence electrons. The van der Waals surface area contributed by atoms with E-state index in [1.165, 1.54) is 88.0 Å². The van der Waals surface area contributed by atoms with E-state index in [4.69, 9.17) is 0 Å². The van der Waals surface area contributed by atoms with Crippen LogP contribution in [0.5, 0.6) is 0 Å². The molecule has 2 nitrogen and oxygen atoms in total. The predicted molar refractivity (Wildman–Crippen MR) is 203 cm³/mol. The van der Waals surface area contributed by atoms with Crippen LogP contribution in [0.3, 0.4) is 0 Å². The molecule has 0 aliphatic rings. The van der Waals surface area contributed by atoms with E-state index >= 15 is 0 Å². The van der Waals surface area contributed by atoms with Gasteiger partial charge in [0.25, 0.3) is 0 Å². The molecule has 0 unspecified atom stereocenters. The molecular formula is C46H30N2. The normalized spacial score (nSPS) is 11.8. The van der Waals surface area contributed by atoms with Crippen molar-refractivity contribution in [2.75, 3.05) is 0 Å². The van der Waals surface area contributed by atoms with Crippen molar-refractivity contribution < 1.29 is 0 Å². The highest BCUT2D eigenvalue weighted by atomic mass is 15.0. The molecule has 0 amide bonds. The summed E-state index contributed by atoms with van der Waals surface area (Å²) in [5, 5.41) is 7.54. The van der Waals surface area contributed by atoms with Crippen LogP contribution in [0.2, 0.25) is 0 Å². The molecule has 2 heterocycles. The second kappa shape index (κ2) is 10.6. The topological polar surface area (TPSA) is 9.86 Å². The minimum absolute atomic E-state index is 1.18. The van der Waals surface area contributed by atoms with Gasteiger partial charge in [-0.05, 0) is 88.1 Å². The van der Waals surface area contributed by atoms with E-state index in [2.05, 4.69) is 191 Å². The Morgan fingerprint density at radius 1 is 0.292 bits per heavy atom. The summed E-state index contributed by atoms with van der Waals surface area (Å²) >= 11 is 0. The van der Waals surface area contributed by atoms with Crippen LogP contribution >= 0.6 is 0 Å². The first-order chi connectivity index (χ1) is 23.8. The maximum atomic E-state index is 2.44. The van der Waals surface area contributed by atoms with Crippen molar-refractivity contribution in [3.63, 3.8) is 0 Å². The number of fused-ring (bicyclic) bond motifs is 7.